The zero-order valence-electron chi connectivity index (χ0n) is 12.2. The van der Waals surface area contributed by atoms with E-state index in [1.165, 1.54) is 0 Å². The average molecular weight is 345 g/mol. The van der Waals surface area contributed by atoms with E-state index in [0.717, 1.165) is 0 Å². The Labute approximate surface area is 159 Å². The second-order valence-electron chi connectivity index (χ2n) is 3.15. The number of carbonyl (C=O) groups is 4. The van der Waals surface area contributed by atoms with E-state index in [2.05, 4.69) is 0 Å². The number of hydrogen-bond acceptors (Lipinski definition) is 6. The summed E-state index contributed by atoms with van der Waals surface area (Å²) in [6.07, 6.45) is -1.19. The highest BCUT2D eigenvalue weighted by molar-refractivity contribution is 5.76. The van der Waals surface area contributed by atoms with Gasteiger partial charge in [0, 0.05) is 59.2 Å². The Morgan fingerprint density at radius 2 is 0.682 bits per heavy atom. The van der Waals surface area contributed by atoms with Crippen LogP contribution in [0.2, 0.25) is 0 Å². The Kier molecular flexibility index (Phi) is 38.0. The van der Waals surface area contributed by atoms with Gasteiger partial charge in [0.15, 0.2) is 0 Å². The van der Waals surface area contributed by atoms with Gasteiger partial charge in [-0.05, 0) is 0 Å². The van der Waals surface area contributed by atoms with Crippen molar-refractivity contribution in [3.05, 3.63) is 0 Å². The minimum absolute atomic E-state index is 0. The SMILES string of the molecule is NCCN.O=C(O)CCC(=O)O.O=C(O)CCC(=O)O.[Mg].[Mg]. The fourth-order valence-corrected chi connectivity index (χ4v) is 0.428. The van der Waals surface area contributed by atoms with Crippen LogP contribution in [-0.2, 0) is 19.2 Å². The van der Waals surface area contributed by atoms with E-state index in [4.69, 9.17) is 31.9 Å². The van der Waals surface area contributed by atoms with Gasteiger partial charge in [0.25, 0.3) is 0 Å². The van der Waals surface area contributed by atoms with Crippen molar-refractivity contribution in [2.24, 2.45) is 11.5 Å². The molecule has 0 aliphatic rings. The number of nitrogens with two attached hydrogens (primary N) is 2. The van der Waals surface area contributed by atoms with E-state index in [-0.39, 0.29) is 71.8 Å². The summed E-state index contributed by atoms with van der Waals surface area (Å²) in [5, 5.41) is 31.6. The summed E-state index contributed by atoms with van der Waals surface area (Å²) < 4.78 is 0. The molecule has 0 aromatic carbocycles. The normalized spacial score (nSPS) is 7.55. The minimum Gasteiger partial charge on any atom is -0.481 e. The van der Waals surface area contributed by atoms with Crippen molar-refractivity contribution in [2.45, 2.75) is 25.7 Å². The lowest BCUT2D eigenvalue weighted by Gasteiger charge is -1.85. The highest BCUT2D eigenvalue weighted by Crippen LogP contribution is 1.86. The van der Waals surface area contributed by atoms with Crippen molar-refractivity contribution in [1.82, 2.24) is 0 Å². The van der Waals surface area contributed by atoms with Gasteiger partial charge in [0.1, 0.15) is 0 Å². The summed E-state index contributed by atoms with van der Waals surface area (Å²) in [7, 11) is 0. The van der Waals surface area contributed by atoms with E-state index in [0.29, 0.717) is 13.1 Å². The van der Waals surface area contributed by atoms with Gasteiger partial charge in [-0.15, -0.1) is 0 Å². The molecule has 0 bridgehead atoms. The highest BCUT2D eigenvalue weighted by Gasteiger charge is 2.00. The molecule has 122 valence electrons. The monoisotopic (exact) mass is 344 g/mol. The molecule has 0 aliphatic carbocycles. The van der Waals surface area contributed by atoms with Gasteiger partial charge in [0.05, 0.1) is 25.7 Å². The molecule has 12 heteroatoms. The zero-order chi connectivity index (χ0) is 16.6. The maximum Gasteiger partial charge on any atom is 0.303 e. The number of hydrogen-bond donors (Lipinski definition) is 6. The predicted molar refractivity (Wildman–Crippen MR) is 78.6 cm³/mol. The van der Waals surface area contributed by atoms with Gasteiger partial charge >= 0.3 is 23.9 Å². The minimum atomic E-state index is -1.08. The number of aliphatic carboxylic acids is 4. The van der Waals surface area contributed by atoms with Gasteiger partial charge < -0.3 is 31.9 Å². The smallest absolute Gasteiger partial charge is 0.303 e. The quantitative estimate of drug-likeness (QED) is 0.281. The molecule has 0 aromatic rings. The maximum atomic E-state index is 9.64. The van der Waals surface area contributed by atoms with Gasteiger partial charge in [-0.1, -0.05) is 0 Å². The average Bonchev–Trinajstić information content (AvgIpc) is 2.35. The van der Waals surface area contributed by atoms with Gasteiger partial charge in [-0.25, -0.2) is 0 Å². The molecule has 0 atom stereocenters. The van der Waals surface area contributed by atoms with Crippen molar-refractivity contribution in [3.63, 3.8) is 0 Å². The molecular formula is C10H20Mg2N2O8. The molecule has 22 heavy (non-hydrogen) atoms. The molecule has 0 saturated carbocycles. The second kappa shape index (κ2) is 25.3. The summed E-state index contributed by atoms with van der Waals surface area (Å²) in [6.45, 7) is 1.19. The summed E-state index contributed by atoms with van der Waals surface area (Å²) in [6, 6.07) is 0. The summed E-state index contributed by atoms with van der Waals surface area (Å²) >= 11 is 0. The van der Waals surface area contributed by atoms with Crippen LogP contribution in [0.25, 0.3) is 0 Å². The maximum absolute atomic E-state index is 9.64. The van der Waals surface area contributed by atoms with Crippen LogP contribution in [0.4, 0.5) is 0 Å². The molecule has 0 unspecified atom stereocenters. The Hall–Kier alpha value is -0.668. The Morgan fingerprint density at radius 1 is 0.545 bits per heavy atom. The van der Waals surface area contributed by atoms with Gasteiger partial charge in [0.2, 0.25) is 0 Å². The summed E-state index contributed by atoms with van der Waals surface area (Å²) in [5.74, 6) is -4.31. The lowest BCUT2D eigenvalue weighted by atomic mass is 10.3. The molecule has 0 rings (SSSR count). The van der Waals surface area contributed by atoms with Crippen molar-refractivity contribution >= 4 is 70.0 Å². The number of carboxylic acids is 4. The summed E-state index contributed by atoms with van der Waals surface area (Å²) in [5.41, 5.74) is 9.81. The molecule has 0 amide bonds. The molecule has 0 aromatic heterocycles. The fourth-order valence-electron chi connectivity index (χ4n) is 0.428. The standard InChI is InChI=1S/2C4H6O4.C2H8N2.2Mg/c2*5-3(6)1-2-4(7)8;3-1-2-4;;/h2*1-2H2,(H,5,6)(H,7,8);1-4H2;;. The second-order valence-corrected chi connectivity index (χ2v) is 3.15. The molecular weight excluding hydrogens is 325 g/mol. The molecule has 0 saturated heterocycles. The van der Waals surface area contributed by atoms with E-state index >= 15 is 0 Å². The van der Waals surface area contributed by atoms with Crippen LogP contribution in [0.15, 0.2) is 0 Å². The highest BCUT2D eigenvalue weighted by atomic mass is 24.3. The predicted octanol–water partition coefficient (Wildman–Crippen LogP) is -1.99. The van der Waals surface area contributed by atoms with Crippen LogP contribution in [0, 0.1) is 0 Å². The third kappa shape index (κ3) is 60.9. The van der Waals surface area contributed by atoms with Crippen molar-refractivity contribution in [2.75, 3.05) is 13.1 Å². The molecule has 0 heterocycles. The number of rotatable bonds is 7. The van der Waals surface area contributed by atoms with Crippen LogP contribution in [0.5, 0.6) is 0 Å². The van der Waals surface area contributed by atoms with Crippen LogP contribution >= 0.6 is 0 Å². The van der Waals surface area contributed by atoms with Crippen molar-refractivity contribution < 1.29 is 39.6 Å². The molecule has 0 aliphatic heterocycles. The third-order valence-electron chi connectivity index (χ3n) is 1.27. The van der Waals surface area contributed by atoms with Gasteiger partial charge in [-0.3, -0.25) is 19.2 Å². The van der Waals surface area contributed by atoms with E-state index in [1.807, 2.05) is 0 Å². The summed E-state index contributed by atoms with van der Waals surface area (Å²) in [4.78, 5) is 38.6. The Bertz CT molecular complexity index is 257. The lowest BCUT2D eigenvalue weighted by molar-refractivity contribution is -0.143. The molecule has 4 radical (unpaired) electrons. The van der Waals surface area contributed by atoms with Crippen LogP contribution in [-0.4, -0.2) is 103 Å². The van der Waals surface area contributed by atoms with Gasteiger partial charge in [-0.2, -0.15) is 0 Å². The van der Waals surface area contributed by atoms with Crippen LogP contribution in [0.1, 0.15) is 25.7 Å². The van der Waals surface area contributed by atoms with Crippen molar-refractivity contribution in [3.8, 4) is 0 Å². The zero-order valence-corrected chi connectivity index (χ0v) is 15.1. The van der Waals surface area contributed by atoms with E-state index in [9.17, 15) is 19.2 Å². The first-order chi connectivity index (χ1) is 9.17. The molecule has 0 fully saturated rings. The lowest BCUT2D eigenvalue weighted by Crippen LogP contribution is -2.11. The Morgan fingerprint density at radius 3 is 0.727 bits per heavy atom. The first-order valence-corrected chi connectivity index (χ1v) is 5.44. The van der Waals surface area contributed by atoms with Crippen molar-refractivity contribution in [1.29, 1.82) is 0 Å². The molecule has 0 spiro atoms. The molecule has 10 nitrogen and oxygen atoms in total. The first kappa shape index (κ1) is 33.1. The topological polar surface area (TPSA) is 201 Å². The first-order valence-electron chi connectivity index (χ1n) is 5.44. The van der Waals surface area contributed by atoms with E-state index < -0.39 is 23.9 Å². The Balaban J connectivity index is -0.0000000661. The largest absolute Gasteiger partial charge is 0.481 e. The van der Waals surface area contributed by atoms with Crippen LogP contribution in [0.3, 0.4) is 0 Å². The van der Waals surface area contributed by atoms with Crippen LogP contribution < -0.4 is 11.5 Å². The third-order valence-corrected chi connectivity index (χ3v) is 1.27. The number of carboxylic acid groups (broad SMARTS) is 4. The molecule has 8 N–H and O–H groups in total. The van der Waals surface area contributed by atoms with E-state index in [1.54, 1.807) is 0 Å². The fraction of sp³-hybridized carbons (Fsp3) is 0.600.